The lowest BCUT2D eigenvalue weighted by molar-refractivity contribution is -0.125. The fourth-order valence-corrected chi connectivity index (χ4v) is 2.51. The van der Waals surface area contributed by atoms with Crippen molar-refractivity contribution in [2.75, 3.05) is 13.2 Å². The molecule has 0 unspecified atom stereocenters. The molecule has 2 aliphatic rings. The highest BCUT2D eigenvalue weighted by Gasteiger charge is 2.35. The van der Waals surface area contributed by atoms with E-state index in [0.29, 0.717) is 24.5 Å². The molecule has 2 atom stereocenters. The van der Waals surface area contributed by atoms with Crippen LogP contribution in [0.5, 0.6) is 5.75 Å². The Morgan fingerprint density at radius 2 is 1.91 bits per heavy atom. The molecule has 1 saturated heterocycles. The second-order valence-corrected chi connectivity index (χ2v) is 5.80. The van der Waals surface area contributed by atoms with Gasteiger partial charge in [-0.3, -0.25) is 9.59 Å². The molecular weight excluding hydrogens is 284 g/mol. The fraction of sp³-hybridized carbons (Fsp3) is 0.500. The van der Waals surface area contributed by atoms with Crippen molar-refractivity contribution in [3.05, 3.63) is 29.8 Å². The molecule has 1 aliphatic carbocycles. The summed E-state index contributed by atoms with van der Waals surface area (Å²) in [6, 6.07) is 6.61. The summed E-state index contributed by atoms with van der Waals surface area (Å²) in [5.41, 5.74) is 5.65. The van der Waals surface area contributed by atoms with Gasteiger partial charge in [0.2, 0.25) is 11.8 Å². The minimum absolute atomic E-state index is 0.0438. The van der Waals surface area contributed by atoms with Crippen molar-refractivity contribution in [3.8, 4) is 5.75 Å². The van der Waals surface area contributed by atoms with Gasteiger partial charge in [0.1, 0.15) is 11.9 Å². The molecular formula is C16H20N2O4. The van der Waals surface area contributed by atoms with Crippen LogP contribution in [0.3, 0.4) is 0 Å². The predicted octanol–water partition coefficient (Wildman–Crippen LogP) is 0.848. The summed E-state index contributed by atoms with van der Waals surface area (Å²) in [4.78, 5) is 23.0. The van der Waals surface area contributed by atoms with Crippen LogP contribution in [-0.4, -0.2) is 37.2 Å². The predicted molar refractivity (Wildman–Crippen MR) is 79.5 cm³/mol. The quantitative estimate of drug-likeness (QED) is 0.843. The molecule has 1 aromatic rings. The zero-order valence-electron chi connectivity index (χ0n) is 12.3. The van der Waals surface area contributed by atoms with Gasteiger partial charge in [-0.15, -0.1) is 0 Å². The molecule has 22 heavy (non-hydrogen) atoms. The third-order valence-electron chi connectivity index (χ3n) is 4.01. The lowest BCUT2D eigenvalue weighted by Crippen LogP contribution is -2.51. The molecule has 1 aliphatic heterocycles. The third-order valence-corrected chi connectivity index (χ3v) is 4.01. The van der Waals surface area contributed by atoms with E-state index >= 15 is 0 Å². The molecule has 3 rings (SSSR count). The smallest absolute Gasteiger partial charge is 0.248 e. The number of nitrogens with two attached hydrogens (primary N) is 1. The van der Waals surface area contributed by atoms with Gasteiger partial charge in [-0.2, -0.15) is 0 Å². The Balaban J connectivity index is 1.62. The Labute approximate surface area is 129 Å². The number of carbonyl (C=O) groups excluding carboxylic acids is 2. The summed E-state index contributed by atoms with van der Waals surface area (Å²) in [5.74, 6) is 0.455. The first-order valence-corrected chi connectivity index (χ1v) is 7.58. The summed E-state index contributed by atoms with van der Waals surface area (Å²) in [5, 5.41) is 3.06. The molecule has 0 radical (unpaired) electrons. The summed E-state index contributed by atoms with van der Waals surface area (Å²) in [6.45, 7) is 1.06. The van der Waals surface area contributed by atoms with E-state index in [9.17, 15) is 9.59 Å². The molecule has 3 N–H and O–H groups in total. The molecule has 0 bridgehead atoms. The highest BCUT2D eigenvalue weighted by Crippen LogP contribution is 2.29. The lowest BCUT2D eigenvalue weighted by Gasteiger charge is -2.32. The molecule has 2 amide bonds. The first kappa shape index (κ1) is 14.8. The van der Waals surface area contributed by atoms with Gasteiger partial charge in [0, 0.05) is 18.1 Å². The fourth-order valence-electron chi connectivity index (χ4n) is 2.51. The maximum Gasteiger partial charge on any atom is 0.248 e. The van der Waals surface area contributed by atoms with Gasteiger partial charge in [0.15, 0.2) is 0 Å². The number of hydrogen-bond donors (Lipinski definition) is 2. The van der Waals surface area contributed by atoms with Crippen molar-refractivity contribution in [1.82, 2.24) is 5.32 Å². The number of rotatable bonds is 5. The van der Waals surface area contributed by atoms with Crippen LogP contribution in [0, 0.1) is 5.92 Å². The number of carbonyl (C=O) groups is 2. The Kier molecular flexibility index (Phi) is 4.29. The summed E-state index contributed by atoms with van der Waals surface area (Å²) < 4.78 is 11.4. The molecule has 0 aromatic heterocycles. The van der Waals surface area contributed by atoms with Gasteiger partial charge in [0.25, 0.3) is 0 Å². The molecule has 1 aromatic carbocycles. The van der Waals surface area contributed by atoms with Gasteiger partial charge < -0.3 is 20.5 Å². The van der Waals surface area contributed by atoms with Crippen LogP contribution in [-0.2, 0) is 9.53 Å². The topological polar surface area (TPSA) is 90.7 Å². The second-order valence-electron chi connectivity index (χ2n) is 5.80. The van der Waals surface area contributed by atoms with Crippen LogP contribution in [0.2, 0.25) is 0 Å². The zero-order chi connectivity index (χ0) is 15.5. The molecule has 0 spiro atoms. The van der Waals surface area contributed by atoms with Crippen molar-refractivity contribution >= 4 is 11.8 Å². The van der Waals surface area contributed by atoms with Crippen molar-refractivity contribution in [3.63, 3.8) is 0 Å². The van der Waals surface area contributed by atoms with Crippen LogP contribution in [0.1, 0.15) is 29.6 Å². The zero-order valence-corrected chi connectivity index (χ0v) is 12.3. The Bertz CT molecular complexity index is 554. The normalized spacial score (nSPS) is 24.5. The summed E-state index contributed by atoms with van der Waals surface area (Å²) >= 11 is 0. The number of benzene rings is 1. The number of nitrogens with one attached hydrogen (secondary N) is 1. The highest BCUT2D eigenvalue weighted by atomic mass is 16.5. The average Bonchev–Trinajstić information content (AvgIpc) is 3.34. The third kappa shape index (κ3) is 3.57. The maximum atomic E-state index is 11.9. The van der Waals surface area contributed by atoms with E-state index in [-0.39, 0.29) is 24.0 Å². The number of primary amides is 1. The maximum absolute atomic E-state index is 11.9. The SMILES string of the molecule is NC(=O)c1ccc(O[C@@H]2COCC[C@H]2NC(=O)C2CC2)cc1. The summed E-state index contributed by atoms with van der Waals surface area (Å²) in [7, 11) is 0. The lowest BCUT2D eigenvalue weighted by atomic mass is 10.1. The van der Waals surface area contributed by atoms with E-state index < -0.39 is 5.91 Å². The van der Waals surface area contributed by atoms with Gasteiger partial charge in [-0.1, -0.05) is 0 Å². The Hall–Kier alpha value is -2.08. The molecule has 118 valence electrons. The molecule has 1 heterocycles. The monoisotopic (exact) mass is 304 g/mol. The van der Waals surface area contributed by atoms with E-state index in [1.54, 1.807) is 24.3 Å². The van der Waals surface area contributed by atoms with Gasteiger partial charge >= 0.3 is 0 Å². The van der Waals surface area contributed by atoms with E-state index in [1.165, 1.54) is 0 Å². The van der Waals surface area contributed by atoms with Crippen LogP contribution in [0.25, 0.3) is 0 Å². The largest absolute Gasteiger partial charge is 0.486 e. The van der Waals surface area contributed by atoms with Crippen molar-refractivity contribution in [2.45, 2.75) is 31.4 Å². The van der Waals surface area contributed by atoms with E-state index in [1.807, 2.05) is 0 Å². The first-order valence-electron chi connectivity index (χ1n) is 7.58. The van der Waals surface area contributed by atoms with Gasteiger partial charge in [-0.05, 0) is 43.5 Å². The minimum Gasteiger partial charge on any atom is -0.486 e. The van der Waals surface area contributed by atoms with Crippen LogP contribution < -0.4 is 15.8 Å². The van der Waals surface area contributed by atoms with Crippen molar-refractivity contribution < 1.29 is 19.1 Å². The van der Waals surface area contributed by atoms with E-state index in [0.717, 1.165) is 19.3 Å². The summed E-state index contributed by atoms with van der Waals surface area (Å²) in [6.07, 6.45) is 2.48. The highest BCUT2D eigenvalue weighted by molar-refractivity contribution is 5.92. The Morgan fingerprint density at radius 1 is 1.18 bits per heavy atom. The van der Waals surface area contributed by atoms with Gasteiger partial charge in [0.05, 0.1) is 12.6 Å². The van der Waals surface area contributed by atoms with Crippen LogP contribution in [0.4, 0.5) is 0 Å². The van der Waals surface area contributed by atoms with Crippen LogP contribution >= 0.6 is 0 Å². The number of hydrogen-bond acceptors (Lipinski definition) is 4. The molecule has 6 heteroatoms. The first-order chi connectivity index (χ1) is 10.6. The molecule has 1 saturated carbocycles. The van der Waals surface area contributed by atoms with Crippen molar-refractivity contribution in [2.24, 2.45) is 11.7 Å². The minimum atomic E-state index is -0.470. The molecule has 6 nitrogen and oxygen atoms in total. The van der Waals surface area contributed by atoms with E-state index in [2.05, 4.69) is 5.32 Å². The number of amides is 2. The van der Waals surface area contributed by atoms with Crippen LogP contribution in [0.15, 0.2) is 24.3 Å². The average molecular weight is 304 g/mol. The molecule has 2 fully saturated rings. The standard InChI is InChI=1S/C16H20N2O4/c17-15(19)10-3-5-12(6-4-10)22-14-9-21-8-7-13(14)18-16(20)11-1-2-11/h3-6,11,13-14H,1-2,7-9H2,(H2,17,19)(H,18,20)/t13-,14-/m1/s1. The Morgan fingerprint density at radius 3 is 2.55 bits per heavy atom. The second kappa shape index (κ2) is 6.36. The van der Waals surface area contributed by atoms with Gasteiger partial charge in [-0.25, -0.2) is 0 Å². The van der Waals surface area contributed by atoms with Crippen molar-refractivity contribution in [1.29, 1.82) is 0 Å². The number of ether oxygens (including phenoxy) is 2. The van der Waals surface area contributed by atoms with E-state index in [4.69, 9.17) is 15.2 Å².